The minimum atomic E-state index is 0.0434. The Hall–Kier alpha value is -2.56. The number of nitrogens with two attached hydrogens (primary N) is 1. The normalized spacial score (nSPS) is 9.38. The van der Waals surface area contributed by atoms with Gasteiger partial charge >= 0.3 is 0 Å². The number of hydrogen-bond donors (Lipinski definition) is 1. The topological polar surface area (TPSA) is 116 Å². The summed E-state index contributed by atoms with van der Waals surface area (Å²) < 4.78 is 9.97. The van der Waals surface area contributed by atoms with Crippen LogP contribution in [0.25, 0.3) is 0 Å². The molecule has 112 valence electrons. The third-order valence-electron chi connectivity index (χ3n) is 2.01. The molecule has 0 unspecified atom stereocenters. The van der Waals surface area contributed by atoms with Crippen LogP contribution in [0.3, 0.4) is 0 Å². The van der Waals surface area contributed by atoms with Crippen LogP contribution < -0.4 is 5.73 Å². The van der Waals surface area contributed by atoms with E-state index in [9.17, 15) is 0 Å². The lowest BCUT2D eigenvalue weighted by atomic mass is 10.2. The van der Waals surface area contributed by atoms with Crippen LogP contribution in [0, 0.1) is 34.0 Å². The third-order valence-corrected chi connectivity index (χ3v) is 2.21. The zero-order valence-electron chi connectivity index (χ0n) is 12.6. The molecule has 0 rings (SSSR count). The first-order valence-electron chi connectivity index (χ1n) is 6.06. The van der Waals surface area contributed by atoms with Gasteiger partial charge in [0.05, 0.1) is 13.2 Å². The van der Waals surface area contributed by atoms with E-state index in [-0.39, 0.29) is 16.1 Å². The van der Waals surface area contributed by atoms with Gasteiger partial charge in [-0.3, -0.25) is 0 Å². The molecule has 0 spiro atoms. The van der Waals surface area contributed by atoms with E-state index < -0.39 is 0 Å². The van der Waals surface area contributed by atoms with Gasteiger partial charge in [0.15, 0.2) is 5.57 Å². The highest BCUT2D eigenvalue weighted by molar-refractivity contribution is 7.80. The van der Waals surface area contributed by atoms with E-state index >= 15 is 0 Å². The molecule has 0 bridgehead atoms. The van der Waals surface area contributed by atoms with Gasteiger partial charge in [-0.1, -0.05) is 12.2 Å². The standard InChI is InChI=1S/C7H10N2OS.C7H8N2O/c1-3-10-5(2)6(4-8)7(9)11;1-3-10-6(2)7(4-8)5-9/h3H2,1-2H3,(H2,9,11);3H2,1-2H3/b6-5+;. The average Bonchev–Trinajstić information content (AvgIpc) is 2.41. The molecule has 0 saturated heterocycles. The fraction of sp³-hybridized carbons (Fsp3) is 0.429. The van der Waals surface area contributed by atoms with Gasteiger partial charge in [-0.15, -0.1) is 0 Å². The van der Waals surface area contributed by atoms with Crippen molar-refractivity contribution >= 4 is 17.2 Å². The summed E-state index contributed by atoms with van der Waals surface area (Å²) in [6.45, 7) is 7.90. The van der Waals surface area contributed by atoms with Gasteiger partial charge in [0.25, 0.3) is 0 Å². The van der Waals surface area contributed by atoms with Crippen molar-refractivity contribution in [2.45, 2.75) is 27.7 Å². The summed E-state index contributed by atoms with van der Waals surface area (Å²) in [7, 11) is 0. The second kappa shape index (κ2) is 12.5. The summed E-state index contributed by atoms with van der Waals surface area (Å²) in [5, 5.41) is 25.2. The van der Waals surface area contributed by atoms with Crippen LogP contribution >= 0.6 is 12.2 Å². The molecule has 0 aliphatic heterocycles. The van der Waals surface area contributed by atoms with Crippen molar-refractivity contribution in [2.24, 2.45) is 5.73 Å². The first-order valence-corrected chi connectivity index (χ1v) is 6.47. The Bertz CT molecular complexity index is 529. The van der Waals surface area contributed by atoms with E-state index in [0.29, 0.717) is 24.7 Å². The lowest BCUT2D eigenvalue weighted by Gasteiger charge is -2.03. The van der Waals surface area contributed by atoms with E-state index in [4.69, 9.17) is 31.0 Å². The van der Waals surface area contributed by atoms with Crippen LogP contribution in [-0.4, -0.2) is 18.2 Å². The van der Waals surface area contributed by atoms with Crippen molar-refractivity contribution in [3.63, 3.8) is 0 Å². The minimum Gasteiger partial charge on any atom is -0.497 e. The van der Waals surface area contributed by atoms with E-state index in [0.717, 1.165) is 0 Å². The maximum absolute atomic E-state index is 8.54. The molecule has 0 aromatic heterocycles. The smallest absolute Gasteiger partial charge is 0.166 e. The predicted molar refractivity (Wildman–Crippen MR) is 82.3 cm³/mol. The van der Waals surface area contributed by atoms with Crippen LogP contribution in [0.1, 0.15) is 27.7 Å². The number of ether oxygens (including phenoxy) is 2. The van der Waals surface area contributed by atoms with Gasteiger partial charge in [-0.2, -0.15) is 15.8 Å². The maximum Gasteiger partial charge on any atom is 0.166 e. The Kier molecular flexibility index (Phi) is 12.3. The van der Waals surface area contributed by atoms with E-state index in [1.807, 2.05) is 13.0 Å². The predicted octanol–water partition coefficient (Wildman–Crippen LogP) is 2.45. The number of thiocarbonyl (C=S) groups is 1. The molecule has 0 heterocycles. The van der Waals surface area contributed by atoms with Gasteiger partial charge in [-0.05, 0) is 27.7 Å². The molecule has 0 saturated carbocycles. The Balaban J connectivity index is 0. The Morgan fingerprint density at radius 2 is 1.38 bits per heavy atom. The van der Waals surface area contributed by atoms with E-state index in [1.54, 1.807) is 32.9 Å². The lowest BCUT2D eigenvalue weighted by Crippen LogP contribution is -2.12. The summed E-state index contributed by atoms with van der Waals surface area (Å²) in [4.78, 5) is 0.0819. The van der Waals surface area contributed by atoms with Crippen molar-refractivity contribution in [3.8, 4) is 18.2 Å². The molecule has 0 radical (unpaired) electrons. The Morgan fingerprint density at radius 3 is 1.67 bits per heavy atom. The molecule has 0 aromatic rings. The molecule has 0 fully saturated rings. The Morgan fingerprint density at radius 1 is 0.952 bits per heavy atom. The number of hydrogen-bond acceptors (Lipinski definition) is 6. The number of nitriles is 3. The molecule has 2 N–H and O–H groups in total. The molecule has 0 aliphatic rings. The number of rotatable bonds is 5. The quantitative estimate of drug-likeness (QED) is 0.359. The minimum absolute atomic E-state index is 0.0434. The average molecular weight is 306 g/mol. The molecule has 7 heteroatoms. The zero-order valence-corrected chi connectivity index (χ0v) is 13.4. The third kappa shape index (κ3) is 9.04. The van der Waals surface area contributed by atoms with Crippen molar-refractivity contribution in [1.29, 1.82) is 15.8 Å². The van der Waals surface area contributed by atoms with E-state index in [1.165, 1.54) is 0 Å². The molecular formula is C14H18N4O2S. The van der Waals surface area contributed by atoms with Crippen molar-refractivity contribution < 1.29 is 9.47 Å². The van der Waals surface area contributed by atoms with Crippen molar-refractivity contribution in [2.75, 3.05) is 13.2 Å². The van der Waals surface area contributed by atoms with Crippen LogP contribution in [0.5, 0.6) is 0 Å². The van der Waals surface area contributed by atoms with E-state index in [2.05, 4.69) is 12.2 Å². The number of allylic oxidation sites excluding steroid dienone is 3. The summed E-state index contributed by atoms with van der Waals surface area (Å²) >= 11 is 4.62. The van der Waals surface area contributed by atoms with Gasteiger partial charge < -0.3 is 15.2 Å². The molecule has 0 amide bonds. The lowest BCUT2D eigenvalue weighted by molar-refractivity contribution is 0.230. The summed E-state index contributed by atoms with van der Waals surface area (Å²) in [5.41, 5.74) is 5.54. The molecule has 21 heavy (non-hydrogen) atoms. The largest absolute Gasteiger partial charge is 0.497 e. The maximum atomic E-state index is 8.54. The second-order valence-electron chi connectivity index (χ2n) is 3.43. The molecule has 0 aliphatic carbocycles. The van der Waals surface area contributed by atoms with Gasteiger partial charge in [0.2, 0.25) is 0 Å². The molecular weight excluding hydrogens is 288 g/mol. The fourth-order valence-electron chi connectivity index (χ4n) is 1.07. The van der Waals surface area contributed by atoms with Gasteiger partial charge in [0, 0.05) is 0 Å². The Labute approximate surface area is 130 Å². The summed E-state index contributed by atoms with van der Waals surface area (Å²) in [6.07, 6.45) is 0. The highest BCUT2D eigenvalue weighted by Gasteiger charge is 2.04. The fourth-order valence-corrected chi connectivity index (χ4v) is 1.26. The van der Waals surface area contributed by atoms with Gasteiger partial charge in [0.1, 0.15) is 40.3 Å². The molecule has 0 atom stereocenters. The van der Waals surface area contributed by atoms with Crippen LogP contribution in [-0.2, 0) is 9.47 Å². The summed E-state index contributed by atoms with van der Waals surface area (Å²) in [5.74, 6) is 0.884. The highest BCUT2D eigenvalue weighted by atomic mass is 32.1. The van der Waals surface area contributed by atoms with Gasteiger partial charge in [-0.25, -0.2) is 0 Å². The molecule has 0 aromatic carbocycles. The number of nitrogens with zero attached hydrogens (tertiary/aromatic N) is 3. The van der Waals surface area contributed by atoms with Crippen LogP contribution in [0.15, 0.2) is 22.7 Å². The highest BCUT2D eigenvalue weighted by Crippen LogP contribution is 2.04. The first-order chi connectivity index (χ1) is 9.89. The molecule has 6 nitrogen and oxygen atoms in total. The van der Waals surface area contributed by atoms with Crippen LogP contribution in [0.2, 0.25) is 0 Å². The first kappa shape index (κ1) is 20.8. The SMILES string of the molecule is CCO/C(C)=C(\C#N)C(N)=S.CCOC(C)=C(C#N)C#N. The van der Waals surface area contributed by atoms with Crippen LogP contribution in [0.4, 0.5) is 0 Å². The van der Waals surface area contributed by atoms with Crippen molar-refractivity contribution in [3.05, 3.63) is 22.7 Å². The summed E-state index contributed by atoms with van der Waals surface area (Å²) in [6, 6.07) is 5.33. The second-order valence-corrected chi connectivity index (χ2v) is 3.87. The van der Waals surface area contributed by atoms with Crippen molar-refractivity contribution in [1.82, 2.24) is 0 Å². The monoisotopic (exact) mass is 306 g/mol. The zero-order chi connectivity index (χ0) is 16.8.